The van der Waals surface area contributed by atoms with E-state index in [1.807, 2.05) is 6.92 Å². The summed E-state index contributed by atoms with van der Waals surface area (Å²) in [5.74, 6) is -0.897. The topological polar surface area (TPSA) is 92.8 Å². The quantitative estimate of drug-likeness (QED) is 0.725. The number of methoxy groups -OCH3 is 1. The number of hydrogen-bond acceptors (Lipinski definition) is 4. The van der Waals surface area contributed by atoms with E-state index in [1.54, 1.807) is 0 Å². The summed E-state index contributed by atoms with van der Waals surface area (Å²) in [6.07, 6.45) is 0.722. The molecule has 1 unspecified atom stereocenters. The van der Waals surface area contributed by atoms with Crippen LogP contribution in [0.15, 0.2) is 12.1 Å². The lowest BCUT2D eigenvalue weighted by Crippen LogP contribution is -2.07. The normalized spacial score (nSPS) is 12.2. The van der Waals surface area contributed by atoms with Gasteiger partial charge in [-0.3, -0.25) is 0 Å². The molecule has 0 bridgehead atoms. The molecule has 5 nitrogen and oxygen atoms in total. The van der Waals surface area contributed by atoms with Crippen LogP contribution in [-0.2, 0) is 0 Å². The highest BCUT2D eigenvalue weighted by Gasteiger charge is 2.18. The lowest BCUT2D eigenvalue weighted by atomic mass is 9.94. The van der Waals surface area contributed by atoms with Crippen LogP contribution in [0.3, 0.4) is 0 Å². The molecule has 0 amide bonds. The second-order valence-electron chi connectivity index (χ2n) is 3.89. The maximum Gasteiger partial charge on any atom is 0.339 e. The minimum atomic E-state index is -1.16. The van der Waals surface area contributed by atoms with Crippen LogP contribution in [-0.4, -0.2) is 29.8 Å². The smallest absolute Gasteiger partial charge is 0.339 e. The molecule has 0 heterocycles. The third-order valence-electron chi connectivity index (χ3n) is 2.71. The summed E-state index contributed by atoms with van der Waals surface area (Å²) in [6, 6.07) is 2.77. The van der Waals surface area contributed by atoms with Gasteiger partial charge in [-0.2, -0.15) is 0 Å². The van der Waals surface area contributed by atoms with E-state index in [2.05, 4.69) is 0 Å². The lowest BCUT2D eigenvalue weighted by molar-refractivity contribution is 0.0693. The number of carbonyl (C=O) groups is 1. The van der Waals surface area contributed by atoms with Gasteiger partial charge in [-0.05, 0) is 30.5 Å². The van der Waals surface area contributed by atoms with E-state index in [0.29, 0.717) is 12.3 Å². The largest absolute Gasteiger partial charge is 0.507 e. The van der Waals surface area contributed by atoms with Crippen molar-refractivity contribution in [3.05, 3.63) is 23.3 Å². The van der Waals surface area contributed by atoms with Gasteiger partial charge in [0.25, 0.3) is 0 Å². The van der Waals surface area contributed by atoms with Crippen molar-refractivity contribution in [2.75, 3.05) is 13.7 Å². The molecule has 1 aromatic carbocycles. The van der Waals surface area contributed by atoms with Crippen molar-refractivity contribution in [3.8, 4) is 11.5 Å². The molecule has 1 atom stereocenters. The Morgan fingerprint density at radius 3 is 2.65 bits per heavy atom. The summed E-state index contributed by atoms with van der Waals surface area (Å²) in [4.78, 5) is 10.9. The van der Waals surface area contributed by atoms with Crippen molar-refractivity contribution >= 4 is 5.97 Å². The zero-order chi connectivity index (χ0) is 13.0. The number of hydrogen-bond donors (Lipinski definition) is 3. The number of aromatic hydroxyl groups is 1. The molecule has 5 heteroatoms. The Morgan fingerprint density at radius 1 is 1.53 bits per heavy atom. The van der Waals surface area contributed by atoms with Gasteiger partial charge in [-0.15, -0.1) is 0 Å². The summed E-state index contributed by atoms with van der Waals surface area (Å²) in [6.45, 7) is 2.45. The zero-order valence-corrected chi connectivity index (χ0v) is 9.93. The average Bonchev–Trinajstić information content (AvgIpc) is 2.28. The second-order valence-corrected chi connectivity index (χ2v) is 3.89. The van der Waals surface area contributed by atoms with Crippen LogP contribution in [0.5, 0.6) is 11.5 Å². The first-order valence-electron chi connectivity index (χ1n) is 5.35. The Balaban J connectivity index is 3.26. The molecule has 0 saturated heterocycles. The molecule has 0 radical (unpaired) electrons. The fourth-order valence-corrected chi connectivity index (χ4v) is 1.72. The molecular weight excluding hydrogens is 222 g/mol. The Kier molecular flexibility index (Phi) is 4.34. The number of ether oxygens (including phenoxy) is 1. The minimum Gasteiger partial charge on any atom is -0.507 e. The molecule has 1 aromatic rings. The Morgan fingerprint density at radius 2 is 2.18 bits per heavy atom. The van der Waals surface area contributed by atoms with Crippen LogP contribution in [0, 0.1) is 0 Å². The molecule has 0 aliphatic heterocycles. The highest BCUT2D eigenvalue weighted by atomic mass is 16.5. The van der Waals surface area contributed by atoms with Crippen LogP contribution < -0.4 is 10.5 Å². The van der Waals surface area contributed by atoms with E-state index in [9.17, 15) is 9.90 Å². The molecule has 0 aliphatic rings. The van der Waals surface area contributed by atoms with Crippen molar-refractivity contribution in [3.63, 3.8) is 0 Å². The van der Waals surface area contributed by atoms with E-state index in [1.165, 1.54) is 19.2 Å². The molecule has 17 heavy (non-hydrogen) atoms. The Labute approximate surface area is 99.8 Å². The SMILES string of the molecule is COc1cc(O)c(C(=O)O)cc1C(C)CCN. The van der Waals surface area contributed by atoms with Gasteiger partial charge in [-0.25, -0.2) is 4.79 Å². The van der Waals surface area contributed by atoms with E-state index in [4.69, 9.17) is 15.6 Å². The lowest BCUT2D eigenvalue weighted by Gasteiger charge is -2.16. The number of phenols is 1. The number of nitrogens with two attached hydrogens (primary N) is 1. The van der Waals surface area contributed by atoms with Crippen LogP contribution in [0.1, 0.15) is 35.2 Å². The van der Waals surface area contributed by atoms with E-state index in [-0.39, 0.29) is 17.2 Å². The number of rotatable bonds is 5. The van der Waals surface area contributed by atoms with Gasteiger partial charge in [0.2, 0.25) is 0 Å². The predicted octanol–water partition coefficient (Wildman–Crippen LogP) is 1.55. The summed E-state index contributed by atoms with van der Waals surface area (Å²) >= 11 is 0. The van der Waals surface area contributed by atoms with Gasteiger partial charge in [0, 0.05) is 6.07 Å². The molecule has 0 saturated carbocycles. The second kappa shape index (κ2) is 5.54. The Hall–Kier alpha value is -1.75. The minimum absolute atomic E-state index is 0.0775. The number of aromatic carboxylic acids is 1. The van der Waals surface area contributed by atoms with Crippen molar-refractivity contribution in [2.24, 2.45) is 5.73 Å². The zero-order valence-electron chi connectivity index (χ0n) is 9.93. The maximum absolute atomic E-state index is 10.9. The van der Waals surface area contributed by atoms with E-state index >= 15 is 0 Å². The first-order chi connectivity index (χ1) is 8.01. The number of carboxylic acid groups (broad SMARTS) is 1. The molecule has 0 spiro atoms. The summed E-state index contributed by atoms with van der Waals surface area (Å²) in [5.41, 5.74) is 6.10. The van der Waals surface area contributed by atoms with Crippen LogP contribution in [0.2, 0.25) is 0 Å². The molecule has 0 fully saturated rings. The average molecular weight is 239 g/mol. The molecule has 1 rings (SSSR count). The molecule has 0 aromatic heterocycles. The number of carboxylic acids is 1. The predicted molar refractivity (Wildman–Crippen MR) is 63.7 cm³/mol. The molecule has 94 valence electrons. The van der Waals surface area contributed by atoms with Crippen molar-refractivity contribution in [1.29, 1.82) is 0 Å². The van der Waals surface area contributed by atoms with Gasteiger partial charge in [0.05, 0.1) is 7.11 Å². The maximum atomic E-state index is 10.9. The van der Waals surface area contributed by atoms with E-state index in [0.717, 1.165) is 12.0 Å². The van der Waals surface area contributed by atoms with Gasteiger partial charge < -0.3 is 20.7 Å². The van der Waals surface area contributed by atoms with Crippen LogP contribution in [0.4, 0.5) is 0 Å². The van der Waals surface area contributed by atoms with Gasteiger partial charge in [-0.1, -0.05) is 6.92 Å². The standard InChI is InChI=1S/C12H17NO4/c1-7(3-4-13)8-5-9(12(15)16)10(14)6-11(8)17-2/h5-7,14H,3-4,13H2,1-2H3,(H,15,16). The first kappa shape index (κ1) is 13.3. The summed E-state index contributed by atoms with van der Waals surface area (Å²) < 4.78 is 5.13. The Bertz CT molecular complexity index is 417. The molecule has 0 aliphatic carbocycles. The highest BCUT2D eigenvalue weighted by Crippen LogP contribution is 2.34. The number of benzene rings is 1. The third-order valence-corrected chi connectivity index (χ3v) is 2.71. The van der Waals surface area contributed by atoms with Gasteiger partial charge >= 0.3 is 5.97 Å². The van der Waals surface area contributed by atoms with Crippen LogP contribution in [0.25, 0.3) is 0 Å². The first-order valence-corrected chi connectivity index (χ1v) is 5.35. The monoisotopic (exact) mass is 239 g/mol. The van der Waals surface area contributed by atoms with Crippen molar-refractivity contribution < 1.29 is 19.7 Å². The highest BCUT2D eigenvalue weighted by molar-refractivity contribution is 5.91. The summed E-state index contributed by atoms with van der Waals surface area (Å²) in [5, 5.41) is 18.5. The van der Waals surface area contributed by atoms with Crippen molar-refractivity contribution in [1.82, 2.24) is 0 Å². The van der Waals surface area contributed by atoms with Crippen molar-refractivity contribution in [2.45, 2.75) is 19.3 Å². The molecule has 4 N–H and O–H groups in total. The molecular formula is C12H17NO4. The fourth-order valence-electron chi connectivity index (χ4n) is 1.72. The van der Waals surface area contributed by atoms with Gasteiger partial charge in [0.1, 0.15) is 17.1 Å². The van der Waals surface area contributed by atoms with Crippen LogP contribution >= 0.6 is 0 Å². The fraction of sp³-hybridized carbons (Fsp3) is 0.417. The summed E-state index contributed by atoms with van der Waals surface area (Å²) in [7, 11) is 1.48. The van der Waals surface area contributed by atoms with E-state index < -0.39 is 5.97 Å². The third kappa shape index (κ3) is 2.88. The van der Waals surface area contributed by atoms with Gasteiger partial charge in [0.15, 0.2) is 0 Å².